The summed E-state index contributed by atoms with van der Waals surface area (Å²) in [5.74, 6) is 0.475. The molecule has 0 heterocycles. The van der Waals surface area contributed by atoms with Crippen molar-refractivity contribution in [2.45, 2.75) is 103 Å². The molecule has 0 fully saturated rings. The van der Waals surface area contributed by atoms with Gasteiger partial charge in [0.1, 0.15) is 5.75 Å². The highest BCUT2D eigenvalue weighted by Gasteiger charge is 2.39. The maximum absolute atomic E-state index is 12.2. The van der Waals surface area contributed by atoms with Crippen molar-refractivity contribution in [1.29, 1.82) is 0 Å². The van der Waals surface area contributed by atoms with Gasteiger partial charge in [-0.15, -0.1) is 0 Å². The lowest BCUT2D eigenvalue weighted by Gasteiger charge is -2.40. The van der Waals surface area contributed by atoms with Crippen LogP contribution in [0.3, 0.4) is 0 Å². The van der Waals surface area contributed by atoms with Crippen LogP contribution in [0.25, 0.3) is 0 Å². The van der Waals surface area contributed by atoms with E-state index < -0.39 is 14.4 Å². The topological polar surface area (TPSA) is 83.5 Å². The summed E-state index contributed by atoms with van der Waals surface area (Å²) in [5.41, 5.74) is 1.62. The van der Waals surface area contributed by atoms with Gasteiger partial charge in [0.25, 0.3) is 0 Å². The Morgan fingerprint density at radius 1 is 0.929 bits per heavy atom. The molecule has 236 valence electrons. The Balaban J connectivity index is 1.87. The molecule has 8 heteroatoms. The quantitative estimate of drug-likeness (QED) is 0.132. The highest BCUT2D eigenvalue weighted by molar-refractivity contribution is 6.74. The van der Waals surface area contributed by atoms with E-state index >= 15 is 0 Å². The maximum atomic E-state index is 12.2. The summed E-state index contributed by atoms with van der Waals surface area (Å²) < 4.78 is 29.1. The fourth-order valence-corrected chi connectivity index (χ4v) is 5.81. The Hall–Kier alpha value is -2.23. The Labute approximate surface area is 255 Å². The van der Waals surface area contributed by atoms with Crippen LogP contribution in [-0.2, 0) is 25.2 Å². The van der Waals surface area contributed by atoms with Gasteiger partial charge in [0.05, 0.1) is 44.7 Å². The number of benzene rings is 2. The first kappa shape index (κ1) is 36.0. The lowest BCUT2D eigenvalue weighted by Crippen LogP contribution is -2.45. The first-order chi connectivity index (χ1) is 19.9. The van der Waals surface area contributed by atoms with Crippen molar-refractivity contribution in [3.05, 3.63) is 65.7 Å². The largest absolute Gasteiger partial charge is 0.497 e. The van der Waals surface area contributed by atoms with Gasteiger partial charge >= 0.3 is 5.97 Å². The van der Waals surface area contributed by atoms with Crippen molar-refractivity contribution >= 4 is 14.3 Å². The van der Waals surface area contributed by atoms with E-state index in [-0.39, 0.29) is 29.1 Å². The van der Waals surface area contributed by atoms with Crippen LogP contribution in [0.2, 0.25) is 18.1 Å². The molecule has 2 rings (SSSR count). The molecule has 0 aliphatic rings. The van der Waals surface area contributed by atoms with Gasteiger partial charge in [-0.05, 0) is 73.6 Å². The average Bonchev–Trinajstić information content (AvgIpc) is 2.96. The van der Waals surface area contributed by atoms with Crippen LogP contribution in [0.1, 0.15) is 75.7 Å². The number of esters is 1. The monoisotopic (exact) mass is 602 g/mol. The number of rotatable bonds is 19. The van der Waals surface area contributed by atoms with Gasteiger partial charge in [-0.25, -0.2) is 4.79 Å². The predicted octanol–water partition coefficient (Wildman–Crippen LogP) is 7.42. The molecule has 0 unspecified atom stereocenters. The fraction of sp³-hybridized carbons (Fsp3) is 0.618. The molecule has 0 aromatic heterocycles. The average molecular weight is 603 g/mol. The Kier molecular flexibility index (Phi) is 15.2. The molecule has 0 radical (unpaired) electrons. The highest BCUT2D eigenvalue weighted by Crippen LogP contribution is 2.38. The lowest BCUT2D eigenvalue weighted by molar-refractivity contribution is 0.00214. The molecule has 2 aromatic rings. The van der Waals surface area contributed by atoms with Crippen LogP contribution >= 0.6 is 0 Å². The van der Waals surface area contributed by atoms with Gasteiger partial charge in [-0.3, -0.25) is 0 Å². The second-order valence-electron chi connectivity index (χ2n) is 12.7. The zero-order chi connectivity index (χ0) is 31.2. The molecule has 0 spiro atoms. The van der Waals surface area contributed by atoms with E-state index in [1.807, 2.05) is 49.4 Å². The van der Waals surface area contributed by atoms with Crippen LogP contribution in [0.5, 0.6) is 5.75 Å². The third-order valence-corrected chi connectivity index (χ3v) is 12.8. The van der Waals surface area contributed by atoms with Crippen molar-refractivity contribution in [2.24, 2.45) is 5.92 Å². The number of methoxy groups -OCH3 is 2. The summed E-state index contributed by atoms with van der Waals surface area (Å²) in [4.78, 5) is 12.2. The summed E-state index contributed by atoms with van der Waals surface area (Å²) in [7, 11) is 1.31. The summed E-state index contributed by atoms with van der Waals surface area (Å²) in [6.45, 7) is 14.5. The molecule has 0 amide bonds. The van der Waals surface area contributed by atoms with E-state index in [0.717, 1.165) is 30.6 Å². The molecule has 0 bridgehead atoms. The number of hydrogen-bond acceptors (Lipinski definition) is 7. The molecule has 2 aromatic carbocycles. The fourth-order valence-electron chi connectivity index (χ4n) is 4.41. The number of carbonyl (C=O) groups is 1. The minimum Gasteiger partial charge on any atom is -0.497 e. The molecular formula is C34H54O7Si. The van der Waals surface area contributed by atoms with Crippen molar-refractivity contribution in [2.75, 3.05) is 27.4 Å². The van der Waals surface area contributed by atoms with E-state index in [1.54, 1.807) is 26.4 Å². The molecule has 0 aliphatic heterocycles. The first-order valence-electron chi connectivity index (χ1n) is 15.2. The minimum atomic E-state index is -2.04. The zero-order valence-electron chi connectivity index (χ0n) is 27.1. The second kappa shape index (κ2) is 17.8. The molecule has 4 atom stereocenters. The molecule has 0 saturated heterocycles. The molecule has 0 saturated carbocycles. The number of aliphatic hydroxyl groups excluding tert-OH is 1. The number of aliphatic hydroxyl groups is 1. The standard InChI is InChI=1S/C34H54O7Si/c1-26(24-39-25-27-17-19-30(38-6)20-18-27)32(35)23-31(41-42(7,8)34(2,3)4)16-12-15-29(37-5)21-22-40-33(36)28-13-10-9-11-14-28/h9-11,13-14,17-20,26,29,31-32,35H,12,15-16,21-25H2,1-8H3/t26-,29+,31-,32+/m1/s1. The summed E-state index contributed by atoms with van der Waals surface area (Å²) >= 11 is 0. The lowest BCUT2D eigenvalue weighted by atomic mass is 9.96. The Morgan fingerprint density at radius 2 is 1.57 bits per heavy atom. The van der Waals surface area contributed by atoms with E-state index in [2.05, 4.69) is 33.9 Å². The van der Waals surface area contributed by atoms with Crippen LogP contribution in [0.4, 0.5) is 0 Å². The summed E-state index contributed by atoms with van der Waals surface area (Å²) in [6, 6.07) is 16.8. The number of ether oxygens (including phenoxy) is 4. The SMILES string of the molecule is COc1ccc(COC[C@@H](C)[C@@H](O)C[C@@H](CCC[C@@H](CCOC(=O)c2ccccc2)OC)O[Si](C)(C)C(C)(C)C)cc1. The van der Waals surface area contributed by atoms with E-state index in [4.69, 9.17) is 23.4 Å². The van der Waals surface area contributed by atoms with Gasteiger partial charge in [0.2, 0.25) is 0 Å². The third-order valence-electron chi connectivity index (χ3n) is 8.31. The third kappa shape index (κ3) is 12.6. The van der Waals surface area contributed by atoms with Gasteiger partial charge in [-0.2, -0.15) is 0 Å². The van der Waals surface area contributed by atoms with Crippen LogP contribution < -0.4 is 4.74 Å². The van der Waals surface area contributed by atoms with Crippen LogP contribution in [-0.4, -0.2) is 65.1 Å². The molecule has 42 heavy (non-hydrogen) atoms. The predicted molar refractivity (Wildman–Crippen MR) is 170 cm³/mol. The molecule has 0 aliphatic carbocycles. The molecule has 7 nitrogen and oxygen atoms in total. The van der Waals surface area contributed by atoms with Gasteiger partial charge in [-0.1, -0.05) is 58.0 Å². The first-order valence-corrected chi connectivity index (χ1v) is 18.1. The molecular weight excluding hydrogens is 548 g/mol. The van der Waals surface area contributed by atoms with Gasteiger partial charge in [0.15, 0.2) is 8.32 Å². The maximum Gasteiger partial charge on any atom is 0.338 e. The van der Waals surface area contributed by atoms with Gasteiger partial charge in [0, 0.05) is 25.6 Å². The minimum absolute atomic E-state index is 0.0164. The van der Waals surface area contributed by atoms with Crippen molar-refractivity contribution in [3.8, 4) is 5.75 Å². The molecule has 1 N–H and O–H groups in total. The van der Waals surface area contributed by atoms with Crippen LogP contribution in [0, 0.1) is 5.92 Å². The number of carbonyl (C=O) groups excluding carboxylic acids is 1. The Morgan fingerprint density at radius 3 is 2.17 bits per heavy atom. The Bertz CT molecular complexity index is 1020. The summed E-state index contributed by atoms with van der Waals surface area (Å²) in [6.07, 6.45) is 3.13. The number of hydrogen-bond donors (Lipinski definition) is 1. The van der Waals surface area contributed by atoms with Crippen molar-refractivity contribution in [1.82, 2.24) is 0 Å². The van der Waals surface area contributed by atoms with E-state index in [9.17, 15) is 9.90 Å². The van der Waals surface area contributed by atoms with Crippen molar-refractivity contribution in [3.63, 3.8) is 0 Å². The van der Waals surface area contributed by atoms with E-state index in [0.29, 0.717) is 38.2 Å². The smallest absolute Gasteiger partial charge is 0.338 e. The highest BCUT2D eigenvalue weighted by atomic mass is 28.4. The second-order valence-corrected chi connectivity index (χ2v) is 17.5. The van der Waals surface area contributed by atoms with Crippen LogP contribution in [0.15, 0.2) is 54.6 Å². The van der Waals surface area contributed by atoms with Gasteiger partial charge < -0.3 is 28.5 Å². The van der Waals surface area contributed by atoms with Crippen molar-refractivity contribution < 1.29 is 33.3 Å². The summed E-state index contributed by atoms with van der Waals surface area (Å²) in [5, 5.41) is 11.2. The zero-order valence-corrected chi connectivity index (χ0v) is 28.1. The normalized spacial score (nSPS) is 15.1. The van der Waals surface area contributed by atoms with E-state index in [1.165, 1.54) is 0 Å².